The molecule has 2 fully saturated rings. The zero-order valence-electron chi connectivity index (χ0n) is 16.1. The van der Waals surface area contributed by atoms with Gasteiger partial charge in [0.25, 0.3) is 0 Å². The molecule has 27 heavy (non-hydrogen) atoms. The minimum Gasteiger partial charge on any atom is -0.346 e. The summed E-state index contributed by atoms with van der Waals surface area (Å²) in [6.07, 6.45) is 4.86. The number of amides is 2. The van der Waals surface area contributed by atoms with Crippen LogP contribution < -0.4 is 5.32 Å². The standard InChI is InChI=1S/C21H28N4O2/c1-13(2)19(20-22-16-9-5-6-10-17(16)23-20)24-21(27)14-11-18(26)25(12-14)15-7-3-4-8-15/h5-6,9-10,13-15,19H,3-4,7-8,11-12H2,1-2H3,(H,22,23)(H,24,27). The molecule has 2 aliphatic rings. The molecule has 1 aliphatic carbocycles. The van der Waals surface area contributed by atoms with E-state index in [4.69, 9.17) is 0 Å². The van der Waals surface area contributed by atoms with Gasteiger partial charge in [-0.3, -0.25) is 9.59 Å². The number of rotatable bonds is 5. The van der Waals surface area contributed by atoms with Gasteiger partial charge >= 0.3 is 0 Å². The molecular weight excluding hydrogens is 340 g/mol. The van der Waals surface area contributed by atoms with Crippen molar-refractivity contribution in [2.75, 3.05) is 6.54 Å². The van der Waals surface area contributed by atoms with E-state index in [9.17, 15) is 9.59 Å². The predicted molar refractivity (Wildman–Crippen MR) is 104 cm³/mol. The van der Waals surface area contributed by atoms with Crippen LogP contribution >= 0.6 is 0 Å². The molecule has 4 rings (SSSR count). The predicted octanol–water partition coefficient (Wildman–Crippen LogP) is 3.17. The summed E-state index contributed by atoms with van der Waals surface area (Å²) in [6, 6.07) is 8.02. The number of hydrogen-bond acceptors (Lipinski definition) is 3. The summed E-state index contributed by atoms with van der Waals surface area (Å²) in [5.41, 5.74) is 1.87. The number of aromatic amines is 1. The van der Waals surface area contributed by atoms with Crippen molar-refractivity contribution in [2.24, 2.45) is 11.8 Å². The highest BCUT2D eigenvalue weighted by Crippen LogP contribution is 2.30. The first-order valence-electron chi connectivity index (χ1n) is 10.1. The van der Waals surface area contributed by atoms with Crippen LogP contribution in [0.15, 0.2) is 24.3 Å². The molecule has 2 N–H and O–H groups in total. The highest BCUT2D eigenvalue weighted by Gasteiger charge is 2.39. The number of carbonyl (C=O) groups excluding carboxylic acids is 2. The fraction of sp³-hybridized carbons (Fsp3) is 0.571. The third-order valence-electron chi connectivity index (χ3n) is 5.96. The van der Waals surface area contributed by atoms with Gasteiger partial charge in [0.1, 0.15) is 5.82 Å². The van der Waals surface area contributed by atoms with Crippen molar-refractivity contribution < 1.29 is 9.59 Å². The first-order valence-corrected chi connectivity index (χ1v) is 10.1. The van der Waals surface area contributed by atoms with Crippen LogP contribution in [0.4, 0.5) is 0 Å². The Labute approximate surface area is 159 Å². The molecule has 144 valence electrons. The molecule has 1 saturated carbocycles. The Morgan fingerprint density at radius 2 is 2.00 bits per heavy atom. The lowest BCUT2D eigenvalue weighted by Crippen LogP contribution is -2.39. The maximum absolute atomic E-state index is 12.9. The second-order valence-corrected chi connectivity index (χ2v) is 8.25. The molecule has 6 nitrogen and oxygen atoms in total. The normalized spacial score (nSPS) is 22.1. The molecule has 2 aromatic rings. The van der Waals surface area contributed by atoms with Gasteiger partial charge in [-0.2, -0.15) is 0 Å². The van der Waals surface area contributed by atoms with E-state index in [-0.39, 0.29) is 29.7 Å². The molecule has 0 bridgehead atoms. The summed E-state index contributed by atoms with van der Waals surface area (Å²) in [5.74, 6) is 0.799. The first kappa shape index (κ1) is 18.0. The molecule has 1 aliphatic heterocycles. The Bertz CT molecular complexity index is 805. The minimum atomic E-state index is -0.260. The molecule has 6 heteroatoms. The summed E-state index contributed by atoms with van der Waals surface area (Å²) in [4.78, 5) is 35.3. The van der Waals surface area contributed by atoms with Gasteiger partial charge < -0.3 is 15.2 Å². The molecule has 0 radical (unpaired) electrons. The quantitative estimate of drug-likeness (QED) is 0.851. The lowest BCUT2D eigenvalue weighted by Gasteiger charge is -2.25. The Morgan fingerprint density at radius 3 is 2.70 bits per heavy atom. The van der Waals surface area contributed by atoms with Gasteiger partial charge in [-0.25, -0.2) is 4.98 Å². The highest BCUT2D eigenvalue weighted by atomic mass is 16.2. The largest absolute Gasteiger partial charge is 0.346 e. The lowest BCUT2D eigenvalue weighted by molar-refractivity contribution is -0.130. The lowest BCUT2D eigenvalue weighted by atomic mass is 10.0. The molecule has 0 spiro atoms. The fourth-order valence-corrected chi connectivity index (χ4v) is 4.42. The van der Waals surface area contributed by atoms with Gasteiger partial charge in [0.05, 0.1) is 23.0 Å². The molecule has 2 atom stereocenters. The Kier molecular flexibility index (Phi) is 4.89. The molecule has 1 aromatic heterocycles. The van der Waals surface area contributed by atoms with Gasteiger partial charge in [0.15, 0.2) is 0 Å². The molecule has 1 saturated heterocycles. The van der Waals surface area contributed by atoms with Crippen LogP contribution in [0.3, 0.4) is 0 Å². The van der Waals surface area contributed by atoms with Crippen LogP contribution in [0.25, 0.3) is 11.0 Å². The number of benzene rings is 1. The number of H-pyrrole nitrogens is 1. The zero-order chi connectivity index (χ0) is 19.0. The molecule has 2 heterocycles. The number of fused-ring (bicyclic) bond motifs is 1. The summed E-state index contributed by atoms with van der Waals surface area (Å²) in [5, 5.41) is 3.16. The maximum atomic E-state index is 12.9. The average molecular weight is 368 g/mol. The monoisotopic (exact) mass is 368 g/mol. The third-order valence-corrected chi connectivity index (χ3v) is 5.96. The van der Waals surface area contributed by atoms with Crippen molar-refractivity contribution >= 4 is 22.8 Å². The molecule has 2 unspecified atom stereocenters. The van der Waals surface area contributed by atoms with E-state index >= 15 is 0 Å². The van der Waals surface area contributed by atoms with E-state index < -0.39 is 0 Å². The summed E-state index contributed by atoms with van der Waals surface area (Å²) in [6.45, 7) is 4.70. The Hall–Kier alpha value is -2.37. The van der Waals surface area contributed by atoms with Crippen LogP contribution in [0.1, 0.15) is 57.8 Å². The second kappa shape index (κ2) is 7.33. The van der Waals surface area contributed by atoms with Gasteiger partial charge in [-0.05, 0) is 30.9 Å². The van der Waals surface area contributed by atoms with Crippen LogP contribution in [0.5, 0.6) is 0 Å². The number of carbonyl (C=O) groups is 2. The van der Waals surface area contributed by atoms with Crippen molar-refractivity contribution in [3.8, 4) is 0 Å². The SMILES string of the molecule is CC(C)C(NC(=O)C1CC(=O)N(C2CCCC2)C1)c1nc2ccccc2[nH]1. The Morgan fingerprint density at radius 1 is 1.26 bits per heavy atom. The molecular formula is C21H28N4O2. The minimum absolute atomic E-state index is 0.0389. The number of imidazole rings is 1. The summed E-state index contributed by atoms with van der Waals surface area (Å²) >= 11 is 0. The fourth-order valence-electron chi connectivity index (χ4n) is 4.42. The Balaban J connectivity index is 1.47. The van der Waals surface area contributed by atoms with Crippen LogP contribution in [-0.2, 0) is 9.59 Å². The number of nitrogens with one attached hydrogen (secondary N) is 2. The van der Waals surface area contributed by atoms with E-state index in [1.54, 1.807) is 0 Å². The third kappa shape index (κ3) is 3.57. The average Bonchev–Trinajstić information content (AvgIpc) is 3.37. The maximum Gasteiger partial charge on any atom is 0.226 e. The second-order valence-electron chi connectivity index (χ2n) is 8.25. The van der Waals surface area contributed by atoms with Gasteiger partial charge in [0.2, 0.25) is 11.8 Å². The van der Waals surface area contributed by atoms with Crippen molar-refractivity contribution in [1.82, 2.24) is 20.2 Å². The zero-order valence-corrected chi connectivity index (χ0v) is 16.1. The van der Waals surface area contributed by atoms with Crippen molar-refractivity contribution in [2.45, 2.75) is 58.0 Å². The van der Waals surface area contributed by atoms with E-state index in [2.05, 4.69) is 29.1 Å². The summed E-state index contributed by atoms with van der Waals surface area (Å²) in [7, 11) is 0. The van der Waals surface area contributed by atoms with E-state index in [0.717, 1.165) is 29.7 Å². The van der Waals surface area contributed by atoms with Gasteiger partial charge in [0, 0.05) is 19.0 Å². The van der Waals surface area contributed by atoms with E-state index in [1.807, 2.05) is 29.2 Å². The van der Waals surface area contributed by atoms with Gasteiger partial charge in [-0.15, -0.1) is 0 Å². The van der Waals surface area contributed by atoms with Crippen molar-refractivity contribution in [1.29, 1.82) is 0 Å². The van der Waals surface area contributed by atoms with E-state index in [1.165, 1.54) is 12.8 Å². The topological polar surface area (TPSA) is 78.1 Å². The first-order chi connectivity index (χ1) is 13.0. The highest BCUT2D eigenvalue weighted by molar-refractivity contribution is 5.89. The molecule has 2 amide bonds. The van der Waals surface area contributed by atoms with Crippen LogP contribution in [0.2, 0.25) is 0 Å². The number of nitrogens with zero attached hydrogens (tertiary/aromatic N) is 2. The smallest absolute Gasteiger partial charge is 0.226 e. The number of aromatic nitrogens is 2. The van der Waals surface area contributed by atoms with Crippen molar-refractivity contribution in [3.63, 3.8) is 0 Å². The number of likely N-dealkylation sites (tertiary alicyclic amines) is 1. The van der Waals surface area contributed by atoms with Crippen LogP contribution in [-0.4, -0.2) is 39.3 Å². The van der Waals surface area contributed by atoms with Crippen LogP contribution in [0, 0.1) is 11.8 Å². The van der Waals surface area contributed by atoms with E-state index in [0.29, 0.717) is 19.0 Å². The van der Waals surface area contributed by atoms with Gasteiger partial charge in [-0.1, -0.05) is 38.8 Å². The number of hydrogen-bond donors (Lipinski definition) is 2. The van der Waals surface area contributed by atoms with Crippen molar-refractivity contribution in [3.05, 3.63) is 30.1 Å². The summed E-state index contributed by atoms with van der Waals surface area (Å²) < 4.78 is 0. The number of para-hydroxylation sites is 2. The molecule has 1 aromatic carbocycles.